The molecular formula is C14H19N3O2S2. The van der Waals surface area contributed by atoms with Crippen LogP contribution in [0, 0.1) is 0 Å². The lowest BCUT2D eigenvalue weighted by Crippen LogP contribution is -2.34. The van der Waals surface area contributed by atoms with Gasteiger partial charge in [0.25, 0.3) is 0 Å². The second kappa shape index (κ2) is 8.19. The van der Waals surface area contributed by atoms with Crippen molar-refractivity contribution in [2.75, 3.05) is 23.8 Å². The molecule has 0 saturated carbocycles. The lowest BCUT2D eigenvalue weighted by Gasteiger charge is -2.21. The maximum Gasteiger partial charge on any atom is 0.224 e. The van der Waals surface area contributed by atoms with Gasteiger partial charge in [-0.15, -0.1) is 0 Å². The van der Waals surface area contributed by atoms with Crippen LogP contribution in [0.4, 0.5) is 0 Å². The highest BCUT2D eigenvalue weighted by Crippen LogP contribution is 2.23. The topological polar surface area (TPSA) is 87.7 Å². The number of nitrogens with two attached hydrogens (primary N) is 1. The molecule has 0 aromatic heterocycles. The highest BCUT2D eigenvalue weighted by atomic mass is 32.2. The average Bonchev–Trinajstić information content (AvgIpc) is 2.54. The van der Waals surface area contributed by atoms with Crippen LogP contribution in [0.3, 0.4) is 0 Å². The number of nitrogens with zero attached hydrogens (tertiary/aromatic N) is 1. The summed E-state index contributed by atoms with van der Waals surface area (Å²) in [7, 11) is 0. The first kappa shape index (κ1) is 16.0. The van der Waals surface area contributed by atoms with Crippen molar-refractivity contribution in [3.05, 3.63) is 35.4 Å². The van der Waals surface area contributed by atoms with E-state index in [-0.39, 0.29) is 11.7 Å². The van der Waals surface area contributed by atoms with Gasteiger partial charge >= 0.3 is 0 Å². The average molecular weight is 325 g/mol. The molecule has 0 spiro atoms. The van der Waals surface area contributed by atoms with Crippen LogP contribution in [0.5, 0.6) is 0 Å². The molecule has 0 aliphatic carbocycles. The van der Waals surface area contributed by atoms with Gasteiger partial charge in [0.05, 0.1) is 6.42 Å². The van der Waals surface area contributed by atoms with Gasteiger partial charge < -0.3 is 16.3 Å². The maximum atomic E-state index is 11.9. The molecule has 21 heavy (non-hydrogen) atoms. The Labute approximate surface area is 132 Å². The summed E-state index contributed by atoms with van der Waals surface area (Å²) in [6, 6.07) is 7.12. The molecule has 1 aliphatic rings. The lowest BCUT2D eigenvalue weighted by atomic mass is 10.1. The molecule has 1 heterocycles. The van der Waals surface area contributed by atoms with Crippen LogP contribution in [0.15, 0.2) is 29.4 Å². The number of benzene rings is 1. The van der Waals surface area contributed by atoms with Crippen LogP contribution in [0.25, 0.3) is 0 Å². The van der Waals surface area contributed by atoms with E-state index in [1.807, 2.05) is 35.7 Å². The van der Waals surface area contributed by atoms with Crippen LogP contribution in [-0.4, -0.2) is 46.0 Å². The van der Waals surface area contributed by atoms with Gasteiger partial charge in [0.1, 0.15) is 0 Å². The Balaban J connectivity index is 1.79. The standard InChI is InChI=1S/C14H19N3O2S2/c15-14(17-19)11-3-1-10(2-4-11)7-13(18)16-8-12-9-20-5-6-21-12/h1-4,12,19H,5-9H2,(H2,15,17)(H,16,18). The molecule has 5 nitrogen and oxygen atoms in total. The molecule has 7 heteroatoms. The highest BCUT2D eigenvalue weighted by Gasteiger charge is 2.15. The zero-order valence-corrected chi connectivity index (χ0v) is 13.3. The first-order chi connectivity index (χ1) is 10.2. The second-order valence-electron chi connectivity index (χ2n) is 4.73. The molecule has 0 radical (unpaired) electrons. The van der Waals surface area contributed by atoms with E-state index >= 15 is 0 Å². The van der Waals surface area contributed by atoms with Crippen molar-refractivity contribution in [2.24, 2.45) is 10.9 Å². The summed E-state index contributed by atoms with van der Waals surface area (Å²) >= 11 is 3.88. The van der Waals surface area contributed by atoms with E-state index in [1.54, 1.807) is 12.1 Å². The number of amides is 1. The van der Waals surface area contributed by atoms with Gasteiger partial charge in [-0.1, -0.05) is 29.4 Å². The number of hydrogen-bond donors (Lipinski definition) is 3. The molecule has 2 rings (SSSR count). The van der Waals surface area contributed by atoms with Crippen LogP contribution in [-0.2, 0) is 11.2 Å². The number of hydrogen-bond acceptors (Lipinski definition) is 5. The minimum absolute atomic E-state index is 0.0303. The highest BCUT2D eigenvalue weighted by molar-refractivity contribution is 8.06. The molecule has 4 N–H and O–H groups in total. The Bertz CT molecular complexity index is 499. The van der Waals surface area contributed by atoms with E-state index < -0.39 is 0 Å². The Morgan fingerprint density at radius 1 is 1.38 bits per heavy atom. The first-order valence-corrected chi connectivity index (χ1v) is 8.92. The first-order valence-electron chi connectivity index (χ1n) is 6.72. The number of carbonyl (C=O) groups is 1. The van der Waals surface area contributed by atoms with E-state index in [1.165, 1.54) is 11.5 Å². The number of oxime groups is 1. The molecule has 0 bridgehead atoms. The summed E-state index contributed by atoms with van der Waals surface area (Å²) in [6.45, 7) is 0.735. The van der Waals surface area contributed by atoms with E-state index in [9.17, 15) is 4.79 Å². The van der Waals surface area contributed by atoms with Crippen LogP contribution in [0.2, 0.25) is 0 Å². The van der Waals surface area contributed by atoms with Crippen molar-refractivity contribution in [2.45, 2.75) is 11.7 Å². The molecule has 1 amide bonds. The summed E-state index contributed by atoms with van der Waals surface area (Å²) in [5.41, 5.74) is 7.04. The number of nitrogens with one attached hydrogen (secondary N) is 1. The number of rotatable bonds is 5. The van der Waals surface area contributed by atoms with Crippen molar-refractivity contribution in [1.82, 2.24) is 5.32 Å². The van der Waals surface area contributed by atoms with Crippen molar-refractivity contribution in [3.8, 4) is 0 Å². The van der Waals surface area contributed by atoms with Gasteiger partial charge in [0.15, 0.2) is 5.84 Å². The summed E-state index contributed by atoms with van der Waals surface area (Å²) < 4.78 is 0. The summed E-state index contributed by atoms with van der Waals surface area (Å²) in [6.07, 6.45) is 0.348. The third-order valence-corrected chi connectivity index (χ3v) is 5.98. The molecule has 1 aromatic carbocycles. The Hall–Kier alpha value is -1.34. The fourth-order valence-electron chi connectivity index (χ4n) is 1.98. The zero-order chi connectivity index (χ0) is 15.1. The van der Waals surface area contributed by atoms with E-state index in [0.29, 0.717) is 17.2 Å². The molecule has 1 unspecified atom stereocenters. The summed E-state index contributed by atoms with van der Waals surface area (Å²) in [4.78, 5) is 11.9. The van der Waals surface area contributed by atoms with Crippen molar-refractivity contribution in [3.63, 3.8) is 0 Å². The van der Waals surface area contributed by atoms with Gasteiger partial charge in [0, 0.05) is 34.6 Å². The Morgan fingerprint density at radius 2 is 2.14 bits per heavy atom. The van der Waals surface area contributed by atoms with Gasteiger partial charge in [-0.3, -0.25) is 4.79 Å². The molecule has 1 saturated heterocycles. The predicted molar refractivity (Wildman–Crippen MR) is 89.2 cm³/mol. The minimum atomic E-state index is 0.0303. The largest absolute Gasteiger partial charge is 0.409 e. The third-order valence-electron chi connectivity index (χ3n) is 3.13. The predicted octanol–water partition coefficient (Wildman–Crippen LogP) is 1.29. The number of carbonyl (C=O) groups excluding carboxylic acids is 1. The van der Waals surface area contributed by atoms with Crippen LogP contribution < -0.4 is 11.1 Å². The van der Waals surface area contributed by atoms with Crippen LogP contribution in [0.1, 0.15) is 11.1 Å². The maximum absolute atomic E-state index is 11.9. The van der Waals surface area contributed by atoms with Crippen LogP contribution >= 0.6 is 23.5 Å². The van der Waals surface area contributed by atoms with E-state index in [2.05, 4.69) is 10.5 Å². The summed E-state index contributed by atoms with van der Waals surface area (Å²) in [5.74, 6) is 3.59. The van der Waals surface area contributed by atoms with Crippen molar-refractivity contribution < 1.29 is 10.0 Å². The molecule has 1 atom stereocenters. The monoisotopic (exact) mass is 325 g/mol. The molecule has 1 aliphatic heterocycles. The SMILES string of the molecule is N/C(=N/O)c1ccc(CC(=O)NCC2CSCCS2)cc1. The Morgan fingerprint density at radius 3 is 2.76 bits per heavy atom. The normalized spacial score (nSPS) is 19.2. The fraction of sp³-hybridized carbons (Fsp3) is 0.429. The lowest BCUT2D eigenvalue weighted by molar-refractivity contribution is -0.120. The molecule has 1 aromatic rings. The molecular weight excluding hydrogens is 306 g/mol. The molecule has 1 fully saturated rings. The minimum Gasteiger partial charge on any atom is -0.409 e. The summed E-state index contributed by atoms with van der Waals surface area (Å²) in [5, 5.41) is 15.0. The molecule has 114 valence electrons. The number of thioether (sulfide) groups is 2. The van der Waals surface area contributed by atoms with Gasteiger partial charge in [-0.2, -0.15) is 23.5 Å². The fourth-order valence-corrected chi connectivity index (χ4v) is 4.59. The van der Waals surface area contributed by atoms with Gasteiger partial charge in [0.2, 0.25) is 5.91 Å². The number of amidine groups is 1. The third kappa shape index (κ3) is 5.17. The van der Waals surface area contributed by atoms with Gasteiger partial charge in [-0.05, 0) is 5.56 Å². The second-order valence-corrected chi connectivity index (χ2v) is 7.29. The Kier molecular flexibility index (Phi) is 6.25. The zero-order valence-electron chi connectivity index (χ0n) is 11.6. The van der Waals surface area contributed by atoms with Gasteiger partial charge in [-0.25, -0.2) is 0 Å². The van der Waals surface area contributed by atoms with Crippen molar-refractivity contribution in [1.29, 1.82) is 0 Å². The van der Waals surface area contributed by atoms with E-state index in [0.717, 1.165) is 17.9 Å². The smallest absolute Gasteiger partial charge is 0.224 e. The van der Waals surface area contributed by atoms with E-state index in [4.69, 9.17) is 10.9 Å². The quantitative estimate of drug-likeness (QED) is 0.329. The van der Waals surface area contributed by atoms with Crippen molar-refractivity contribution >= 4 is 35.3 Å².